The van der Waals surface area contributed by atoms with Gasteiger partial charge in [0.2, 0.25) is 0 Å². The van der Waals surface area contributed by atoms with Gasteiger partial charge in [0.1, 0.15) is 11.6 Å². The topological polar surface area (TPSA) is 82.0 Å². The minimum Gasteiger partial charge on any atom is -0.481 e. The van der Waals surface area contributed by atoms with Crippen molar-refractivity contribution >= 4 is 17.7 Å². The molecule has 39 heavy (non-hydrogen) atoms. The van der Waals surface area contributed by atoms with Crippen LogP contribution < -0.4 is 5.32 Å². The van der Waals surface area contributed by atoms with E-state index < -0.39 is 12.2 Å². The number of carbonyl (C=O) groups is 1. The predicted octanol–water partition coefficient (Wildman–Crippen LogP) is 6.65. The zero-order chi connectivity index (χ0) is 28.9. The van der Waals surface area contributed by atoms with Gasteiger partial charge in [-0.15, -0.1) is 6.58 Å². The second kappa shape index (κ2) is 16.9. The molecule has 0 aromatic carbocycles. The van der Waals surface area contributed by atoms with Crippen LogP contribution in [0.15, 0.2) is 70.9 Å². The van der Waals surface area contributed by atoms with Crippen LogP contribution in [-0.2, 0) is 9.53 Å². The van der Waals surface area contributed by atoms with E-state index in [2.05, 4.69) is 88.5 Å². The summed E-state index contributed by atoms with van der Waals surface area (Å²) >= 11 is 1.87. The Kier molecular flexibility index (Phi) is 14.4. The van der Waals surface area contributed by atoms with Crippen molar-refractivity contribution in [2.24, 2.45) is 17.8 Å². The van der Waals surface area contributed by atoms with E-state index in [1.807, 2.05) is 11.8 Å². The lowest BCUT2D eigenvalue weighted by Gasteiger charge is -2.32. The Morgan fingerprint density at radius 1 is 1.31 bits per heavy atom. The van der Waals surface area contributed by atoms with Crippen LogP contribution in [0.5, 0.6) is 0 Å². The molecule has 1 heterocycles. The van der Waals surface area contributed by atoms with Gasteiger partial charge < -0.3 is 19.8 Å². The minimum absolute atomic E-state index is 0.0119. The summed E-state index contributed by atoms with van der Waals surface area (Å²) in [5.74, 6) is -0.497. The molecule has 0 saturated heterocycles. The average Bonchev–Trinajstić information content (AvgIpc) is 3.17. The highest BCUT2D eigenvalue weighted by Crippen LogP contribution is 2.39. The van der Waals surface area contributed by atoms with Gasteiger partial charge in [-0.05, 0) is 57.4 Å². The molecule has 7 heteroatoms. The number of hydrogen-bond donors (Lipinski definition) is 3. The summed E-state index contributed by atoms with van der Waals surface area (Å²) in [7, 11) is 2.14. The lowest BCUT2D eigenvalue weighted by Crippen LogP contribution is -2.37. The van der Waals surface area contributed by atoms with Gasteiger partial charge in [-0.2, -0.15) is 0 Å². The monoisotopic (exact) mass is 558 g/mol. The highest BCUT2D eigenvalue weighted by Gasteiger charge is 2.30. The maximum Gasteiger partial charge on any atom is 0.304 e. The quantitative estimate of drug-likeness (QED) is 0.128. The van der Waals surface area contributed by atoms with Gasteiger partial charge >= 0.3 is 5.97 Å². The molecule has 0 spiro atoms. The number of rotatable bonds is 18. The molecule has 2 rings (SSSR count). The summed E-state index contributed by atoms with van der Waals surface area (Å²) in [6.45, 7) is 18.7. The number of ether oxygens (including phenoxy) is 1. The Bertz CT molecular complexity index is 967. The zero-order valence-corrected chi connectivity index (χ0v) is 25.4. The van der Waals surface area contributed by atoms with Crippen LogP contribution in [0.2, 0.25) is 0 Å². The Morgan fingerprint density at radius 3 is 2.64 bits per heavy atom. The second-order valence-electron chi connectivity index (χ2n) is 10.7. The largest absolute Gasteiger partial charge is 0.481 e. The number of aliphatic hydroxyl groups is 1. The number of aliphatic carboxylic acids is 1. The van der Waals surface area contributed by atoms with Crippen LogP contribution in [0, 0.1) is 17.8 Å². The van der Waals surface area contributed by atoms with Crippen molar-refractivity contribution in [2.75, 3.05) is 26.8 Å². The number of allylic oxidation sites excluding steroid dienone is 7. The average molecular weight is 559 g/mol. The smallest absolute Gasteiger partial charge is 0.304 e. The molecule has 0 amide bonds. The van der Waals surface area contributed by atoms with Crippen molar-refractivity contribution in [3.8, 4) is 0 Å². The van der Waals surface area contributed by atoms with Crippen molar-refractivity contribution < 1.29 is 19.7 Å². The first-order valence-electron chi connectivity index (χ1n) is 14.3. The molecule has 3 N–H and O–H groups in total. The number of likely N-dealkylation sites (N-methyl/N-ethyl adjacent to an activating group) is 1. The summed E-state index contributed by atoms with van der Waals surface area (Å²) in [6.07, 6.45) is 14.6. The van der Waals surface area contributed by atoms with Gasteiger partial charge in [0.15, 0.2) is 0 Å². The Hall–Kier alpha value is -2.06. The van der Waals surface area contributed by atoms with Crippen molar-refractivity contribution in [3.05, 3.63) is 70.9 Å². The van der Waals surface area contributed by atoms with Gasteiger partial charge in [-0.3, -0.25) is 10.1 Å². The molecule has 0 aromatic rings. The molecule has 0 bridgehead atoms. The first kappa shape index (κ1) is 33.1. The molecule has 6 nitrogen and oxygen atoms in total. The summed E-state index contributed by atoms with van der Waals surface area (Å²) in [4.78, 5) is 14.4. The normalized spacial score (nSPS) is 21.8. The highest BCUT2D eigenvalue weighted by atomic mass is 32.2. The first-order chi connectivity index (χ1) is 18.6. The maximum atomic E-state index is 10.8. The molecule has 1 aliphatic heterocycles. The van der Waals surface area contributed by atoms with Crippen LogP contribution in [0.25, 0.3) is 0 Å². The summed E-state index contributed by atoms with van der Waals surface area (Å²) < 4.78 is 6.43. The molecule has 5 atom stereocenters. The molecule has 0 radical (unpaired) electrons. The summed E-state index contributed by atoms with van der Waals surface area (Å²) in [5, 5.41) is 22.5. The van der Waals surface area contributed by atoms with Crippen LogP contribution in [-0.4, -0.2) is 59.5 Å². The Morgan fingerprint density at radius 2 is 2.05 bits per heavy atom. The van der Waals surface area contributed by atoms with Crippen LogP contribution in [0.3, 0.4) is 0 Å². The molecule has 0 fully saturated rings. The molecule has 0 saturated carbocycles. The SMILES string of the molecule is C=C(C)CCC(=C)C(COCC1SC(/C=C\CC)=C(C)N1C)C(CC)C1=CCC(C(O)NCCC(=O)O)C=C1. The van der Waals surface area contributed by atoms with E-state index in [1.54, 1.807) is 0 Å². The third-order valence-electron chi connectivity index (χ3n) is 7.65. The van der Waals surface area contributed by atoms with Crippen molar-refractivity contribution in [2.45, 2.75) is 77.8 Å². The fraction of sp³-hybridized carbons (Fsp3) is 0.594. The zero-order valence-electron chi connectivity index (χ0n) is 24.6. The highest BCUT2D eigenvalue weighted by molar-refractivity contribution is 8.04. The maximum absolute atomic E-state index is 10.8. The molecule has 5 unspecified atom stereocenters. The third-order valence-corrected chi connectivity index (χ3v) is 9.06. The van der Waals surface area contributed by atoms with Crippen LogP contribution >= 0.6 is 11.8 Å². The van der Waals surface area contributed by atoms with Crippen LogP contribution in [0.4, 0.5) is 0 Å². The van der Waals surface area contributed by atoms with Crippen molar-refractivity contribution in [1.29, 1.82) is 0 Å². The number of thioether (sulfide) groups is 1. The van der Waals surface area contributed by atoms with Gasteiger partial charge in [0, 0.05) is 36.0 Å². The van der Waals surface area contributed by atoms with E-state index in [9.17, 15) is 9.90 Å². The summed E-state index contributed by atoms with van der Waals surface area (Å²) in [6, 6.07) is 0. The number of nitrogens with one attached hydrogen (secondary N) is 1. The fourth-order valence-electron chi connectivity index (χ4n) is 5.00. The van der Waals surface area contributed by atoms with Gasteiger partial charge in [0.25, 0.3) is 0 Å². The fourth-order valence-corrected chi connectivity index (χ4v) is 6.26. The molecule has 0 aromatic heterocycles. The molecular formula is C32H50N2O4S. The molecule has 2 aliphatic rings. The number of carboxylic acids is 1. The minimum atomic E-state index is -0.875. The van der Waals surface area contributed by atoms with Gasteiger partial charge in [-0.1, -0.05) is 73.7 Å². The Balaban J connectivity index is 2.05. The van der Waals surface area contributed by atoms with Gasteiger partial charge in [0.05, 0.1) is 19.6 Å². The lowest BCUT2D eigenvalue weighted by atomic mass is 9.76. The van der Waals surface area contributed by atoms with E-state index in [1.165, 1.54) is 21.7 Å². The third kappa shape index (κ3) is 10.5. The molecular weight excluding hydrogens is 508 g/mol. The predicted molar refractivity (Wildman–Crippen MR) is 164 cm³/mol. The van der Waals surface area contributed by atoms with Gasteiger partial charge in [-0.25, -0.2) is 0 Å². The first-order valence-corrected chi connectivity index (χ1v) is 15.1. The van der Waals surface area contributed by atoms with Crippen molar-refractivity contribution in [1.82, 2.24) is 10.2 Å². The van der Waals surface area contributed by atoms with E-state index in [-0.39, 0.29) is 36.1 Å². The second-order valence-corrected chi connectivity index (χ2v) is 11.9. The van der Waals surface area contributed by atoms with E-state index in [0.717, 1.165) is 31.3 Å². The number of nitrogens with zero attached hydrogens (tertiary/aromatic N) is 1. The lowest BCUT2D eigenvalue weighted by molar-refractivity contribution is -0.137. The number of hydrogen-bond acceptors (Lipinski definition) is 6. The summed E-state index contributed by atoms with van der Waals surface area (Å²) in [5.41, 5.74) is 4.91. The Labute approximate surface area is 240 Å². The van der Waals surface area contributed by atoms with E-state index in [4.69, 9.17) is 9.84 Å². The van der Waals surface area contributed by atoms with E-state index >= 15 is 0 Å². The van der Waals surface area contributed by atoms with Crippen LogP contribution in [0.1, 0.15) is 66.2 Å². The number of carboxylic acid groups (broad SMARTS) is 1. The number of aliphatic hydroxyl groups excluding tert-OH is 1. The van der Waals surface area contributed by atoms with Crippen molar-refractivity contribution in [3.63, 3.8) is 0 Å². The standard InChI is InChI=1S/C32H50N2O4S/c1-8-10-11-29-24(6)34(7)30(39-29)21-38-20-28(23(5)13-12-22(3)4)27(9-2)25-14-16-26(17-15-25)32(37)33-19-18-31(35)36/h10-11,14-16,26-28,30,32-33,37H,3,5,8-9,12-13,17-21H2,1-2,4,6-7H3,(H,35,36)/b11-10-. The molecule has 218 valence electrons. The molecule has 1 aliphatic carbocycles. The van der Waals surface area contributed by atoms with E-state index in [0.29, 0.717) is 19.6 Å².